The Labute approximate surface area is 196 Å². The van der Waals surface area contributed by atoms with E-state index in [2.05, 4.69) is 6.92 Å². The molecule has 2 aromatic carbocycles. The fourth-order valence-corrected chi connectivity index (χ4v) is 4.03. The standard InChI is InChI=1S/C27H35N3O3/c1-5-7-8-9-10-19-25(31)29(4)20(3)26-28-22-16-12-11-15-21(22)27(32)30(26)23-17-13-14-18-24(23)33-6-2/h11-18,20H,5-10,19H2,1-4H3. The first-order chi connectivity index (χ1) is 16.0. The zero-order valence-corrected chi connectivity index (χ0v) is 20.2. The van der Waals surface area contributed by atoms with Crippen LogP contribution < -0.4 is 10.3 Å². The average Bonchev–Trinajstić information content (AvgIpc) is 2.83. The van der Waals surface area contributed by atoms with Gasteiger partial charge in [-0.25, -0.2) is 4.98 Å². The van der Waals surface area contributed by atoms with E-state index in [4.69, 9.17) is 9.72 Å². The molecular formula is C27H35N3O3. The number of hydrogen-bond donors (Lipinski definition) is 0. The number of carbonyl (C=O) groups excluding carboxylic acids is 1. The number of ether oxygens (including phenoxy) is 1. The van der Waals surface area contributed by atoms with Crippen LogP contribution in [0, 0.1) is 0 Å². The summed E-state index contributed by atoms with van der Waals surface area (Å²) in [5, 5.41) is 0.532. The van der Waals surface area contributed by atoms with Crippen molar-refractivity contribution < 1.29 is 9.53 Å². The number of benzene rings is 2. The van der Waals surface area contributed by atoms with Gasteiger partial charge in [0.05, 0.1) is 29.2 Å². The third-order valence-corrected chi connectivity index (χ3v) is 6.05. The number of amides is 1. The minimum absolute atomic E-state index is 0.0612. The SMILES string of the molecule is CCCCCCCC(=O)N(C)C(C)c1nc2ccccc2c(=O)n1-c1ccccc1OCC. The van der Waals surface area contributed by atoms with Gasteiger partial charge in [0.2, 0.25) is 5.91 Å². The molecule has 1 unspecified atom stereocenters. The lowest BCUT2D eigenvalue weighted by molar-refractivity contribution is -0.132. The topological polar surface area (TPSA) is 64.4 Å². The highest BCUT2D eigenvalue weighted by atomic mass is 16.5. The van der Waals surface area contributed by atoms with E-state index in [0.29, 0.717) is 41.2 Å². The highest BCUT2D eigenvalue weighted by Crippen LogP contribution is 2.27. The molecule has 3 aromatic rings. The lowest BCUT2D eigenvalue weighted by Crippen LogP contribution is -2.34. The Morgan fingerprint density at radius 3 is 2.48 bits per heavy atom. The van der Waals surface area contributed by atoms with Crippen LogP contribution in [0.4, 0.5) is 0 Å². The van der Waals surface area contributed by atoms with E-state index in [1.165, 1.54) is 12.8 Å². The zero-order chi connectivity index (χ0) is 23.8. The van der Waals surface area contributed by atoms with Gasteiger partial charge in [-0.15, -0.1) is 0 Å². The van der Waals surface area contributed by atoms with Gasteiger partial charge < -0.3 is 9.64 Å². The van der Waals surface area contributed by atoms with Crippen molar-refractivity contribution >= 4 is 16.8 Å². The van der Waals surface area contributed by atoms with Crippen LogP contribution in [0.1, 0.15) is 71.2 Å². The number of fused-ring (bicyclic) bond motifs is 1. The van der Waals surface area contributed by atoms with E-state index in [1.54, 1.807) is 22.6 Å². The summed E-state index contributed by atoms with van der Waals surface area (Å²) in [7, 11) is 1.79. The van der Waals surface area contributed by atoms with Crippen molar-refractivity contribution in [2.24, 2.45) is 0 Å². The molecule has 6 heteroatoms. The summed E-state index contributed by atoms with van der Waals surface area (Å²) in [4.78, 5) is 33.1. The van der Waals surface area contributed by atoms with Gasteiger partial charge >= 0.3 is 0 Å². The van der Waals surface area contributed by atoms with Crippen LogP contribution in [0.3, 0.4) is 0 Å². The second-order valence-corrected chi connectivity index (χ2v) is 8.37. The van der Waals surface area contributed by atoms with Gasteiger partial charge in [-0.3, -0.25) is 14.2 Å². The second kappa shape index (κ2) is 11.6. The van der Waals surface area contributed by atoms with Crippen molar-refractivity contribution in [1.82, 2.24) is 14.5 Å². The third-order valence-electron chi connectivity index (χ3n) is 6.05. The van der Waals surface area contributed by atoms with E-state index < -0.39 is 0 Å². The number of unbranched alkanes of at least 4 members (excludes halogenated alkanes) is 4. The minimum Gasteiger partial charge on any atom is -0.492 e. The van der Waals surface area contributed by atoms with Gasteiger partial charge in [-0.05, 0) is 44.5 Å². The summed E-state index contributed by atoms with van der Waals surface area (Å²) in [5.41, 5.74) is 1.08. The maximum Gasteiger partial charge on any atom is 0.266 e. The summed E-state index contributed by atoms with van der Waals surface area (Å²) in [5.74, 6) is 1.19. The molecule has 0 aliphatic heterocycles. The lowest BCUT2D eigenvalue weighted by Gasteiger charge is -2.27. The molecule has 0 bridgehead atoms. The molecule has 33 heavy (non-hydrogen) atoms. The molecule has 1 atom stereocenters. The van der Waals surface area contributed by atoms with Gasteiger partial charge in [0.15, 0.2) is 0 Å². The fraction of sp³-hybridized carbons (Fsp3) is 0.444. The molecule has 3 rings (SSSR count). The monoisotopic (exact) mass is 449 g/mol. The van der Waals surface area contributed by atoms with E-state index in [1.807, 2.05) is 56.3 Å². The van der Waals surface area contributed by atoms with Crippen LogP contribution in [0.25, 0.3) is 16.6 Å². The Bertz CT molecular complexity index is 1140. The highest BCUT2D eigenvalue weighted by Gasteiger charge is 2.25. The van der Waals surface area contributed by atoms with Crippen molar-refractivity contribution in [2.75, 3.05) is 13.7 Å². The Balaban J connectivity index is 2.02. The van der Waals surface area contributed by atoms with Crippen molar-refractivity contribution in [3.8, 4) is 11.4 Å². The molecule has 0 aliphatic carbocycles. The molecule has 6 nitrogen and oxygen atoms in total. The molecule has 1 amide bonds. The van der Waals surface area contributed by atoms with E-state index in [0.717, 1.165) is 19.3 Å². The van der Waals surface area contributed by atoms with Crippen LogP contribution in [0.5, 0.6) is 5.75 Å². The van der Waals surface area contributed by atoms with Gasteiger partial charge in [-0.1, -0.05) is 56.9 Å². The number of carbonyl (C=O) groups is 1. The van der Waals surface area contributed by atoms with Crippen LogP contribution >= 0.6 is 0 Å². The summed E-state index contributed by atoms with van der Waals surface area (Å²) < 4.78 is 7.42. The number of para-hydroxylation sites is 3. The maximum absolute atomic E-state index is 13.6. The Morgan fingerprint density at radius 2 is 1.73 bits per heavy atom. The lowest BCUT2D eigenvalue weighted by atomic mass is 10.1. The highest BCUT2D eigenvalue weighted by molar-refractivity contribution is 5.79. The quantitative estimate of drug-likeness (QED) is 0.354. The molecule has 0 fully saturated rings. The van der Waals surface area contributed by atoms with Crippen LogP contribution in [-0.2, 0) is 4.79 Å². The van der Waals surface area contributed by atoms with E-state index in [9.17, 15) is 9.59 Å². The van der Waals surface area contributed by atoms with Crippen molar-refractivity contribution in [3.05, 3.63) is 64.7 Å². The van der Waals surface area contributed by atoms with Crippen LogP contribution in [0.2, 0.25) is 0 Å². The summed E-state index contributed by atoms with van der Waals surface area (Å²) in [6, 6.07) is 14.4. The second-order valence-electron chi connectivity index (χ2n) is 8.37. The zero-order valence-electron chi connectivity index (χ0n) is 20.2. The number of nitrogens with zero attached hydrogens (tertiary/aromatic N) is 3. The molecule has 176 valence electrons. The predicted molar refractivity (Wildman–Crippen MR) is 133 cm³/mol. The Morgan fingerprint density at radius 1 is 1.03 bits per heavy atom. The molecule has 0 saturated heterocycles. The summed E-state index contributed by atoms with van der Waals surface area (Å²) >= 11 is 0. The number of rotatable bonds is 11. The van der Waals surface area contributed by atoms with Crippen LogP contribution in [-0.4, -0.2) is 34.0 Å². The van der Waals surface area contributed by atoms with Gasteiger partial charge in [0.25, 0.3) is 5.56 Å². The fourth-order valence-electron chi connectivity index (χ4n) is 4.03. The first-order valence-corrected chi connectivity index (χ1v) is 12.0. The van der Waals surface area contributed by atoms with Crippen molar-refractivity contribution in [2.45, 2.75) is 65.3 Å². The van der Waals surface area contributed by atoms with Gasteiger partial charge in [-0.2, -0.15) is 0 Å². The number of hydrogen-bond acceptors (Lipinski definition) is 4. The normalized spacial score (nSPS) is 12.0. The Hall–Kier alpha value is -3.15. The molecule has 1 heterocycles. The molecule has 0 saturated carbocycles. The molecule has 0 spiro atoms. The van der Waals surface area contributed by atoms with E-state index >= 15 is 0 Å². The molecule has 1 aromatic heterocycles. The molecule has 0 aliphatic rings. The molecular weight excluding hydrogens is 414 g/mol. The third kappa shape index (κ3) is 5.62. The summed E-state index contributed by atoms with van der Waals surface area (Å²) in [6.07, 6.45) is 5.97. The Kier molecular flexibility index (Phi) is 8.64. The smallest absolute Gasteiger partial charge is 0.266 e. The average molecular weight is 450 g/mol. The minimum atomic E-state index is -0.389. The predicted octanol–water partition coefficient (Wildman–Crippen LogP) is 5.66. The molecule has 0 radical (unpaired) electrons. The largest absolute Gasteiger partial charge is 0.492 e. The molecule has 0 N–H and O–H groups in total. The maximum atomic E-state index is 13.6. The first-order valence-electron chi connectivity index (χ1n) is 12.0. The van der Waals surface area contributed by atoms with Gasteiger partial charge in [0.1, 0.15) is 11.6 Å². The van der Waals surface area contributed by atoms with Crippen LogP contribution in [0.15, 0.2) is 53.3 Å². The first kappa shape index (κ1) is 24.5. The van der Waals surface area contributed by atoms with E-state index in [-0.39, 0.29) is 17.5 Å². The van der Waals surface area contributed by atoms with Gasteiger partial charge in [0, 0.05) is 13.5 Å². The van der Waals surface area contributed by atoms with Crippen molar-refractivity contribution in [3.63, 3.8) is 0 Å². The van der Waals surface area contributed by atoms with Crippen molar-refractivity contribution in [1.29, 1.82) is 0 Å². The summed E-state index contributed by atoms with van der Waals surface area (Å²) in [6.45, 7) is 6.49. The number of aromatic nitrogens is 2.